The number of Topliss-reactive ketones (excluding diaryl/α,β-unsaturated/α-hetero) is 1. The van der Waals surface area contributed by atoms with E-state index >= 15 is 0 Å². The Morgan fingerprint density at radius 2 is 1.88 bits per heavy atom. The molecule has 0 unspecified atom stereocenters. The summed E-state index contributed by atoms with van der Waals surface area (Å²) in [4.78, 5) is 23.5. The number of hydrogen-bond donors (Lipinski definition) is 1. The minimum Gasteiger partial charge on any atom is -0.505 e. The Bertz CT molecular complexity index is 1010. The van der Waals surface area contributed by atoms with E-state index in [2.05, 4.69) is 0 Å². The number of allylic oxidation sites excluding steroid dienone is 1. The molecule has 0 aliphatic carbocycles. The molecule has 3 rings (SSSR count). The minimum atomic E-state index is -3.94. The summed E-state index contributed by atoms with van der Waals surface area (Å²) in [7, 11) is -2.71. The second-order valence-electron chi connectivity index (χ2n) is 5.57. The maximum absolute atomic E-state index is 12.9. The third kappa shape index (κ3) is 2.72. The van der Waals surface area contributed by atoms with Crippen molar-refractivity contribution in [2.24, 2.45) is 0 Å². The van der Waals surface area contributed by atoms with Crippen molar-refractivity contribution in [2.45, 2.75) is 11.3 Å². The van der Waals surface area contributed by atoms with Gasteiger partial charge in [-0.25, -0.2) is 8.42 Å². The highest BCUT2D eigenvalue weighted by atomic mass is 32.2. The standard InChI is InChI=1S/C18H15NO5S/c1-19-16(17(21)13-6-4-5-12(11-13)9-10-20)18(22)14-7-2-3-8-15(14)25(19,23)24/h2-8,10-11,22H,9H2,1H3. The number of aliphatic hydroxyl groups excluding tert-OH is 1. The van der Waals surface area contributed by atoms with Crippen molar-refractivity contribution < 1.29 is 23.1 Å². The van der Waals surface area contributed by atoms with Crippen LogP contribution in [0.3, 0.4) is 0 Å². The third-order valence-corrected chi connectivity index (χ3v) is 5.86. The highest BCUT2D eigenvalue weighted by Crippen LogP contribution is 2.35. The lowest BCUT2D eigenvalue weighted by atomic mass is 10.0. The van der Waals surface area contributed by atoms with E-state index in [9.17, 15) is 23.1 Å². The predicted molar refractivity (Wildman–Crippen MR) is 91.5 cm³/mol. The smallest absolute Gasteiger partial charge is 0.265 e. The fourth-order valence-electron chi connectivity index (χ4n) is 2.75. The number of nitrogens with zero attached hydrogens (tertiary/aromatic N) is 1. The Kier molecular flexibility index (Phi) is 4.18. The Morgan fingerprint density at radius 1 is 1.16 bits per heavy atom. The van der Waals surface area contributed by atoms with E-state index in [-0.39, 0.29) is 28.1 Å². The first-order valence-corrected chi connectivity index (χ1v) is 8.90. The van der Waals surface area contributed by atoms with Crippen LogP contribution in [-0.4, -0.2) is 36.9 Å². The molecule has 0 radical (unpaired) electrons. The molecule has 0 fully saturated rings. The molecule has 128 valence electrons. The molecule has 0 atom stereocenters. The molecule has 2 aromatic rings. The van der Waals surface area contributed by atoms with Gasteiger partial charge in [-0.1, -0.05) is 30.3 Å². The van der Waals surface area contributed by atoms with Crippen LogP contribution in [0.15, 0.2) is 59.1 Å². The molecule has 0 bridgehead atoms. The van der Waals surface area contributed by atoms with Crippen molar-refractivity contribution in [2.75, 3.05) is 7.05 Å². The Morgan fingerprint density at radius 3 is 2.60 bits per heavy atom. The van der Waals surface area contributed by atoms with Gasteiger partial charge in [0, 0.05) is 24.6 Å². The molecule has 0 saturated carbocycles. The number of benzene rings is 2. The summed E-state index contributed by atoms with van der Waals surface area (Å²) >= 11 is 0. The number of likely N-dealkylation sites (N-methyl/N-ethyl adjacent to an activating group) is 1. The molecular weight excluding hydrogens is 342 g/mol. The van der Waals surface area contributed by atoms with E-state index in [1.807, 2.05) is 0 Å². The quantitative estimate of drug-likeness (QED) is 0.669. The van der Waals surface area contributed by atoms with Gasteiger partial charge in [0.05, 0.1) is 4.90 Å². The molecule has 1 aliphatic rings. The molecule has 2 aromatic carbocycles. The molecule has 1 aliphatic heterocycles. The minimum absolute atomic E-state index is 0.0544. The number of carbonyl (C=O) groups excluding carboxylic acids is 2. The van der Waals surface area contributed by atoms with E-state index in [0.717, 1.165) is 4.31 Å². The molecule has 1 heterocycles. The summed E-state index contributed by atoms with van der Waals surface area (Å²) in [6.07, 6.45) is 0.858. The van der Waals surface area contributed by atoms with Crippen molar-refractivity contribution in [3.8, 4) is 0 Å². The molecule has 6 nitrogen and oxygen atoms in total. The van der Waals surface area contributed by atoms with Crippen molar-refractivity contribution in [1.29, 1.82) is 0 Å². The monoisotopic (exact) mass is 357 g/mol. The lowest BCUT2D eigenvalue weighted by Crippen LogP contribution is -2.35. The first-order valence-electron chi connectivity index (χ1n) is 7.46. The SMILES string of the molecule is CN1C(C(=O)c2cccc(CC=O)c2)=C(O)c2ccccc2S1(=O)=O. The van der Waals surface area contributed by atoms with E-state index < -0.39 is 21.6 Å². The van der Waals surface area contributed by atoms with Gasteiger partial charge < -0.3 is 9.90 Å². The number of aldehydes is 1. The number of aliphatic hydroxyl groups is 1. The van der Waals surface area contributed by atoms with Crippen LogP contribution >= 0.6 is 0 Å². The lowest BCUT2D eigenvalue weighted by molar-refractivity contribution is -0.107. The summed E-state index contributed by atoms with van der Waals surface area (Å²) in [6.45, 7) is 0. The maximum atomic E-state index is 12.9. The van der Waals surface area contributed by atoms with Gasteiger partial charge in [-0.2, -0.15) is 0 Å². The average molecular weight is 357 g/mol. The van der Waals surface area contributed by atoms with Crippen LogP contribution in [-0.2, 0) is 21.2 Å². The molecule has 25 heavy (non-hydrogen) atoms. The molecular formula is C18H15NO5S. The zero-order chi connectivity index (χ0) is 18.2. The summed E-state index contributed by atoms with van der Waals surface area (Å²) < 4.78 is 26.1. The zero-order valence-corrected chi connectivity index (χ0v) is 14.2. The van der Waals surface area contributed by atoms with E-state index in [1.54, 1.807) is 24.3 Å². The molecule has 1 N–H and O–H groups in total. The van der Waals surface area contributed by atoms with E-state index in [4.69, 9.17) is 0 Å². The van der Waals surface area contributed by atoms with Crippen LogP contribution in [0.4, 0.5) is 0 Å². The first-order chi connectivity index (χ1) is 11.9. The highest BCUT2D eigenvalue weighted by molar-refractivity contribution is 7.89. The molecule has 0 aromatic heterocycles. The van der Waals surface area contributed by atoms with Gasteiger partial charge in [0.1, 0.15) is 12.0 Å². The highest BCUT2D eigenvalue weighted by Gasteiger charge is 2.37. The van der Waals surface area contributed by atoms with Crippen LogP contribution in [0.2, 0.25) is 0 Å². The number of hydrogen-bond acceptors (Lipinski definition) is 5. The first kappa shape index (κ1) is 16.9. The number of rotatable bonds is 4. The second-order valence-corrected chi connectivity index (χ2v) is 7.50. The molecule has 0 amide bonds. The second kappa shape index (κ2) is 6.18. The lowest BCUT2D eigenvalue weighted by Gasteiger charge is -2.28. The van der Waals surface area contributed by atoms with Crippen LogP contribution in [0.1, 0.15) is 21.5 Å². The van der Waals surface area contributed by atoms with Gasteiger partial charge >= 0.3 is 0 Å². The van der Waals surface area contributed by atoms with Gasteiger partial charge in [-0.15, -0.1) is 0 Å². The number of ketones is 1. The Hall–Kier alpha value is -2.93. The maximum Gasteiger partial charge on any atom is 0.265 e. The predicted octanol–water partition coefficient (Wildman–Crippen LogP) is 2.17. The Balaban J connectivity index is 2.17. The number of fused-ring (bicyclic) bond motifs is 1. The molecule has 0 saturated heterocycles. The normalized spacial score (nSPS) is 15.6. The summed E-state index contributed by atoms with van der Waals surface area (Å²) in [6, 6.07) is 12.3. The fourth-order valence-corrected chi connectivity index (χ4v) is 4.15. The topological polar surface area (TPSA) is 91.8 Å². The van der Waals surface area contributed by atoms with Gasteiger partial charge in [0.15, 0.2) is 5.76 Å². The van der Waals surface area contributed by atoms with E-state index in [0.29, 0.717) is 11.8 Å². The van der Waals surface area contributed by atoms with E-state index in [1.165, 1.54) is 31.3 Å². The summed E-state index contributed by atoms with van der Waals surface area (Å²) in [5.74, 6) is -1.02. The van der Waals surface area contributed by atoms with Crippen molar-refractivity contribution in [3.05, 3.63) is 70.9 Å². The molecule has 7 heteroatoms. The van der Waals surface area contributed by atoms with Crippen molar-refractivity contribution in [3.63, 3.8) is 0 Å². The summed E-state index contributed by atoms with van der Waals surface area (Å²) in [5, 5.41) is 10.5. The van der Waals surface area contributed by atoms with Crippen LogP contribution < -0.4 is 0 Å². The number of sulfonamides is 1. The summed E-state index contributed by atoms with van der Waals surface area (Å²) in [5.41, 5.74) is 0.597. The third-order valence-electron chi connectivity index (χ3n) is 4.04. The average Bonchev–Trinajstić information content (AvgIpc) is 2.61. The van der Waals surface area contributed by atoms with Crippen LogP contribution in [0.5, 0.6) is 0 Å². The van der Waals surface area contributed by atoms with Crippen LogP contribution in [0, 0.1) is 0 Å². The van der Waals surface area contributed by atoms with Crippen LogP contribution in [0.25, 0.3) is 5.76 Å². The fraction of sp³-hybridized carbons (Fsp3) is 0.111. The van der Waals surface area contributed by atoms with Gasteiger partial charge in [-0.05, 0) is 23.8 Å². The van der Waals surface area contributed by atoms with Gasteiger partial charge in [-0.3, -0.25) is 9.10 Å². The van der Waals surface area contributed by atoms with Gasteiger partial charge in [0.2, 0.25) is 5.78 Å². The van der Waals surface area contributed by atoms with Crippen molar-refractivity contribution >= 4 is 27.9 Å². The zero-order valence-electron chi connectivity index (χ0n) is 13.3. The number of carbonyl (C=O) groups is 2. The largest absolute Gasteiger partial charge is 0.505 e. The molecule has 0 spiro atoms. The van der Waals surface area contributed by atoms with Crippen molar-refractivity contribution in [1.82, 2.24) is 4.31 Å². The van der Waals surface area contributed by atoms with Gasteiger partial charge in [0.25, 0.3) is 10.0 Å². The Labute approximate surface area is 145 Å².